The Balaban J connectivity index is 1.82. The lowest BCUT2D eigenvalue weighted by Gasteiger charge is -2.51. The van der Waals surface area contributed by atoms with Crippen molar-refractivity contribution in [1.29, 1.82) is 0 Å². The summed E-state index contributed by atoms with van der Waals surface area (Å²) in [4.78, 5) is 28.4. The first-order chi connectivity index (χ1) is 15.4. The normalized spacial score (nSPS) is 19.2. The molecular weight excluding hydrogens is 416 g/mol. The molecule has 1 unspecified atom stereocenters. The summed E-state index contributed by atoms with van der Waals surface area (Å²) in [6.45, 7) is 9.33. The van der Waals surface area contributed by atoms with Gasteiger partial charge in [-0.15, -0.1) is 0 Å². The summed E-state index contributed by atoms with van der Waals surface area (Å²) in [7, 11) is 3.92. The van der Waals surface area contributed by atoms with Gasteiger partial charge >= 0.3 is 0 Å². The molecule has 1 aliphatic rings. The van der Waals surface area contributed by atoms with Crippen LogP contribution in [0.5, 0.6) is 5.75 Å². The van der Waals surface area contributed by atoms with Crippen LogP contribution in [0.2, 0.25) is 0 Å². The predicted molar refractivity (Wildman–Crippen MR) is 133 cm³/mol. The second-order valence-electron chi connectivity index (χ2n) is 9.92. The van der Waals surface area contributed by atoms with Gasteiger partial charge in [0.2, 0.25) is 5.91 Å². The maximum Gasteiger partial charge on any atom is 0.257 e. The fourth-order valence-electron chi connectivity index (χ4n) is 4.95. The minimum atomic E-state index is -0.372. The zero-order chi connectivity index (χ0) is 24.4. The molecule has 1 heterocycles. The number of hydrogen-bond acceptors (Lipinski definition) is 5. The number of likely N-dealkylation sites (N-methyl/N-ethyl adjacent to an activating group) is 1. The summed E-state index contributed by atoms with van der Waals surface area (Å²) in [6, 6.07) is 13.6. The van der Waals surface area contributed by atoms with Crippen LogP contribution in [0, 0.1) is 0 Å². The van der Waals surface area contributed by atoms with Crippen LogP contribution in [0.3, 0.4) is 0 Å². The standard InChI is InChI=1S/C26H36N4O3/c1-18(31)30-23-12-9-20(27)15-22(23)26(4,17-25(30,2)3)19-7-10-21(11-8-19)33-16-24(32)28-13-14-29(5)6/h7-12,15H,13-14,16-17,27H2,1-6H3,(H,28,32). The van der Waals surface area contributed by atoms with Crippen LogP contribution in [0.1, 0.15) is 45.2 Å². The molecular formula is C26H36N4O3. The fourth-order valence-corrected chi connectivity index (χ4v) is 4.95. The van der Waals surface area contributed by atoms with Crippen LogP contribution in [0.25, 0.3) is 0 Å². The van der Waals surface area contributed by atoms with Crippen LogP contribution < -0.4 is 20.7 Å². The Morgan fingerprint density at radius 1 is 1.12 bits per heavy atom. The maximum absolute atomic E-state index is 12.5. The number of amides is 2. The number of nitrogens with one attached hydrogen (secondary N) is 1. The maximum atomic E-state index is 12.5. The van der Waals surface area contributed by atoms with Crippen LogP contribution in [0.15, 0.2) is 42.5 Å². The topological polar surface area (TPSA) is 87.9 Å². The second kappa shape index (κ2) is 9.43. The summed E-state index contributed by atoms with van der Waals surface area (Å²) in [5.74, 6) is 0.509. The highest BCUT2D eigenvalue weighted by Gasteiger charge is 2.47. The second-order valence-corrected chi connectivity index (χ2v) is 9.92. The van der Waals surface area contributed by atoms with Crippen molar-refractivity contribution in [1.82, 2.24) is 10.2 Å². The van der Waals surface area contributed by atoms with Crippen molar-refractivity contribution < 1.29 is 14.3 Å². The Morgan fingerprint density at radius 2 is 1.79 bits per heavy atom. The Kier molecular flexibility index (Phi) is 7.03. The third-order valence-corrected chi connectivity index (χ3v) is 6.30. The van der Waals surface area contributed by atoms with Crippen molar-refractivity contribution in [3.05, 3.63) is 53.6 Å². The van der Waals surface area contributed by atoms with Crippen LogP contribution in [-0.4, -0.2) is 56.0 Å². The van der Waals surface area contributed by atoms with Crippen molar-refractivity contribution in [3.63, 3.8) is 0 Å². The molecule has 0 saturated carbocycles. The van der Waals surface area contributed by atoms with E-state index in [0.29, 0.717) is 18.0 Å². The molecule has 1 atom stereocenters. The van der Waals surface area contributed by atoms with Crippen LogP contribution in [-0.2, 0) is 15.0 Å². The van der Waals surface area contributed by atoms with E-state index < -0.39 is 0 Å². The van der Waals surface area contributed by atoms with E-state index in [1.165, 1.54) is 0 Å². The zero-order valence-corrected chi connectivity index (χ0v) is 20.6. The molecule has 2 aromatic carbocycles. The molecule has 0 bridgehead atoms. The molecule has 0 aromatic heterocycles. The van der Waals surface area contributed by atoms with E-state index in [1.807, 2.05) is 66.4 Å². The summed E-state index contributed by atoms with van der Waals surface area (Å²) in [6.07, 6.45) is 0.741. The number of carbonyl (C=O) groups excluding carboxylic acids is 2. The largest absolute Gasteiger partial charge is 0.484 e. The minimum absolute atomic E-state index is 0.0145. The third kappa shape index (κ3) is 5.30. The monoisotopic (exact) mass is 452 g/mol. The molecule has 0 saturated heterocycles. The van der Waals surface area contributed by atoms with Gasteiger partial charge in [-0.1, -0.05) is 19.1 Å². The van der Waals surface area contributed by atoms with Crippen LogP contribution in [0.4, 0.5) is 11.4 Å². The Labute approximate surface area is 196 Å². The molecule has 2 aromatic rings. The van der Waals surface area contributed by atoms with Gasteiger partial charge in [0.25, 0.3) is 5.91 Å². The molecule has 0 fully saturated rings. The van der Waals surface area contributed by atoms with E-state index in [2.05, 4.69) is 26.1 Å². The highest BCUT2D eigenvalue weighted by atomic mass is 16.5. The summed E-state index contributed by atoms with van der Waals surface area (Å²) >= 11 is 0. The molecule has 3 N–H and O–H groups in total. The van der Waals surface area contributed by atoms with E-state index in [-0.39, 0.29) is 29.4 Å². The number of benzene rings is 2. The Morgan fingerprint density at radius 3 is 2.39 bits per heavy atom. The van der Waals surface area contributed by atoms with Gasteiger partial charge in [0.05, 0.1) is 0 Å². The van der Waals surface area contributed by atoms with Gasteiger partial charge in [-0.2, -0.15) is 0 Å². The Bertz CT molecular complexity index is 1020. The number of ether oxygens (including phenoxy) is 1. The first-order valence-electron chi connectivity index (χ1n) is 11.3. The first-order valence-corrected chi connectivity index (χ1v) is 11.3. The average molecular weight is 453 g/mol. The number of hydrogen-bond donors (Lipinski definition) is 2. The molecule has 33 heavy (non-hydrogen) atoms. The number of nitrogens with two attached hydrogens (primary N) is 1. The molecule has 7 nitrogen and oxygen atoms in total. The summed E-state index contributed by atoms with van der Waals surface area (Å²) in [5, 5.41) is 2.84. The molecule has 2 amide bonds. The van der Waals surface area contributed by atoms with Crippen molar-refractivity contribution in [2.24, 2.45) is 0 Å². The van der Waals surface area contributed by atoms with Gasteiger partial charge < -0.3 is 25.6 Å². The van der Waals surface area contributed by atoms with Gasteiger partial charge in [0.15, 0.2) is 6.61 Å². The van der Waals surface area contributed by atoms with E-state index in [9.17, 15) is 9.59 Å². The molecule has 7 heteroatoms. The SMILES string of the molecule is CC(=O)N1c2ccc(N)cc2C(C)(c2ccc(OCC(=O)NCCN(C)C)cc2)CC1(C)C. The van der Waals surface area contributed by atoms with Crippen molar-refractivity contribution >= 4 is 23.2 Å². The summed E-state index contributed by atoms with van der Waals surface area (Å²) < 4.78 is 5.68. The number of nitrogen functional groups attached to an aromatic ring is 1. The van der Waals surface area contributed by atoms with E-state index in [1.54, 1.807) is 6.92 Å². The number of carbonyl (C=O) groups is 2. The lowest BCUT2D eigenvalue weighted by atomic mass is 9.65. The quantitative estimate of drug-likeness (QED) is 0.630. The highest BCUT2D eigenvalue weighted by Crippen LogP contribution is 2.51. The number of anilines is 2. The molecule has 0 radical (unpaired) electrons. The molecule has 1 aliphatic heterocycles. The van der Waals surface area contributed by atoms with E-state index in [4.69, 9.17) is 10.5 Å². The Hall–Kier alpha value is -3.06. The van der Waals surface area contributed by atoms with Gasteiger partial charge in [0, 0.05) is 42.3 Å². The van der Waals surface area contributed by atoms with Crippen molar-refractivity contribution in [2.45, 2.75) is 45.1 Å². The molecule has 3 rings (SSSR count). The smallest absolute Gasteiger partial charge is 0.257 e. The van der Waals surface area contributed by atoms with Gasteiger partial charge in [0.1, 0.15) is 5.75 Å². The average Bonchev–Trinajstić information content (AvgIpc) is 2.72. The van der Waals surface area contributed by atoms with Gasteiger partial charge in [-0.3, -0.25) is 9.59 Å². The highest BCUT2D eigenvalue weighted by molar-refractivity contribution is 5.95. The minimum Gasteiger partial charge on any atom is -0.484 e. The number of nitrogens with zero attached hydrogens (tertiary/aromatic N) is 2. The number of rotatable bonds is 7. The van der Waals surface area contributed by atoms with Crippen molar-refractivity contribution in [3.8, 4) is 5.75 Å². The lowest BCUT2D eigenvalue weighted by molar-refractivity contribution is -0.123. The third-order valence-electron chi connectivity index (χ3n) is 6.30. The van der Waals surface area contributed by atoms with Gasteiger partial charge in [-0.05, 0) is 75.8 Å². The van der Waals surface area contributed by atoms with E-state index in [0.717, 1.165) is 29.8 Å². The molecule has 178 valence electrons. The fraction of sp³-hybridized carbons (Fsp3) is 0.462. The summed E-state index contributed by atoms with van der Waals surface area (Å²) in [5.41, 5.74) is 9.13. The molecule has 0 aliphatic carbocycles. The molecule has 0 spiro atoms. The lowest BCUT2D eigenvalue weighted by Crippen LogP contribution is -2.55. The van der Waals surface area contributed by atoms with Gasteiger partial charge in [-0.25, -0.2) is 0 Å². The van der Waals surface area contributed by atoms with Crippen LogP contribution >= 0.6 is 0 Å². The van der Waals surface area contributed by atoms with E-state index >= 15 is 0 Å². The first kappa shape index (κ1) is 24.6. The zero-order valence-electron chi connectivity index (χ0n) is 20.6. The predicted octanol–water partition coefficient (Wildman–Crippen LogP) is 3.17. The van der Waals surface area contributed by atoms with Crippen molar-refractivity contribution in [2.75, 3.05) is 44.4 Å². The number of fused-ring (bicyclic) bond motifs is 1.